The molecule has 0 spiro atoms. The third-order valence-corrected chi connectivity index (χ3v) is 5.88. The molecule has 0 fully saturated rings. The van der Waals surface area contributed by atoms with E-state index in [0.717, 1.165) is 28.8 Å². The molecule has 2 aromatic carbocycles. The first-order valence-corrected chi connectivity index (χ1v) is 9.74. The van der Waals surface area contributed by atoms with E-state index in [9.17, 15) is 13.9 Å². The van der Waals surface area contributed by atoms with Crippen molar-refractivity contribution in [3.8, 4) is 0 Å². The molecule has 2 heterocycles. The van der Waals surface area contributed by atoms with Crippen molar-refractivity contribution in [1.29, 1.82) is 0 Å². The number of aliphatic hydroxyl groups is 1. The highest BCUT2D eigenvalue weighted by molar-refractivity contribution is 6.35. The van der Waals surface area contributed by atoms with E-state index in [1.807, 2.05) is 19.9 Å². The zero-order valence-electron chi connectivity index (χ0n) is 16.6. The number of nitrogens with zero attached hydrogens (tertiary/aromatic N) is 5. The van der Waals surface area contributed by atoms with E-state index in [0.29, 0.717) is 10.5 Å². The first-order valence-electron chi connectivity index (χ1n) is 9.36. The molecule has 9 heteroatoms. The molecule has 0 aliphatic heterocycles. The van der Waals surface area contributed by atoms with Crippen molar-refractivity contribution in [3.05, 3.63) is 76.5 Å². The van der Waals surface area contributed by atoms with Crippen LogP contribution in [0, 0.1) is 25.5 Å². The molecular weight excluding hydrogens is 412 g/mol. The Kier molecular flexibility index (Phi) is 5.07. The van der Waals surface area contributed by atoms with Gasteiger partial charge in [-0.2, -0.15) is 10.2 Å². The summed E-state index contributed by atoms with van der Waals surface area (Å²) in [7, 11) is 0. The molecule has 1 N–H and O–H groups in total. The van der Waals surface area contributed by atoms with E-state index in [1.54, 1.807) is 17.7 Å². The molecule has 0 bridgehead atoms. The normalized spacial score (nSPS) is 14.8. The van der Waals surface area contributed by atoms with Crippen molar-refractivity contribution in [3.63, 3.8) is 0 Å². The summed E-state index contributed by atoms with van der Waals surface area (Å²) in [5.74, 6) is -1.58. The van der Waals surface area contributed by atoms with E-state index < -0.39 is 23.3 Å². The molecule has 4 rings (SSSR count). The molecular formula is C21H20ClF2N5O. The van der Waals surface area contributed by atoms with Gasteiger partial charge in [0.2, 0.25) is 0 Å². The smallest absolute Gasteiger partial charge is 0.137 e. The number of aromatic nitrogens is 5. The van der Waals surface area contributed by atoms with Gasteiger partial charge in [0.25, 0.3) is 0 Å². The zero-order chi connectivity index (χ0) is 21.6. The van der Waals surface area contributed by atoms with Gasteiger partial charge >= 0.3 is 0 Å². The number of fused-ring (bicyclic) bond motifs is 1. The molecule has 0 aliphatic rings. The molecule has 0 unspecified atom stereocenters. The molecule has 0 aliphatic carbocycles. The van der Waals surface area contributed by atoms with Crippen LogP contribution in [0.15, 0.2) is 43.0 Å². The predicted molar refractivity (Wildman–Crippen MR) is 109 cm³/mol. The first kappa shape index (κ1) is 20.4. The Morgan fingerprint density at radius 2 is 1.97 bits per heavy atom. The molecule has 2 aromatic heterocycles. The second kappa shape index (κ2) is 7.45. The Bertz CT molecular complexity index is 1220. The topological polar surface area (TPSA) is 68.8 Å². The van der Waals surface area contributed by atoms with Crippen LogP contribution >= 0.6 is 11.6 Å². The summed E-state index contributed by atoms with van der Waals surface area (Å²) in [5.41, 5.74) is 0.490. The number of aryl methyl sites for hydroxylation is 2. The van der Waals surface area contributed by atoms with Crippen LogP contribution in [0.4, 0.5) is 8.78 Å². The maximum atomic E-state index is 14.8. The lowest BCUT2D eigenvalue weighted by molar-refractivity contribution is -0.0372. The summed E-state index contributed by atoms with van der Waals surface area (Å²) in [4.78, 5) is 3.89. The molecule has 0 saturated carbocycles. The van der Waals surface area contributed by atoms with Gasteiger partial charge in [-0.3, -0.25) is 4.68 Å². The fourth-order valence-electron chi connectivity index (χ4n) is 3.86. The summed E-state index contributed by atoms with van der Waals surface area (Å²) in [6.45, 7) is 5.37. The molecule has 156 valence electrons. The van der Waals surface area contributed by atoms with Crippen LogP contribution in [0.25, 0.3) is 10.9 Å². The maximum Gasteiger partial charge on any atom is 0.137 e. The molecule has 0 saturated heterocycles. The Labute approximate surface area is 176 Å². The van der Waals surface area contributed by atoms with E-state index in [1.165, 1.54) is 23.4 Å². The molecule has 30 heavy (non-hydrogen) atoms. The van der Waals surface area contributed by atoms with Gasteiger partial charge in [0.05, 0.1) is 23.1 Å². The van der Waals surface area contributed by atoms with Crippen LogP contribution in [0.2, 0.25) is 5.02 Å². The van der Waals surface area contributed by atoms with Gasteiger partial charge in [-0.15, -0.1) is 0 Å². The first-order chi connectivity index (χ1) is 14.2. The molecule has 4 aromatic rings. The number of hydrogen-bond acceptors (Lipinski definition) is 4. The van der Waals surface area contributed by atoms with Gasteiger partial charge in [-0.25, -0.2) is 18.4 Å². The Hall–Kier alpha value is -2.84. The number of hydrogen-bond donors (Lipinski definition) is 1. The third kappa shape index (κ3) is 3.26. The number of benzene rings is 2. The monoisotopic (exact) mass is 431 g/mol. The van der Waals surface area contributed by atoms with Crippen molar-refractivity contribution in [2.75, 3.05) is 0 Å². The average molecular weight is 432 g/mol. The standard InChI is InChI=1S/C21H20ClF2N5O/c1-12-4-7-17(22)19-13(2)29(27-20(12)19)14(3)21(30,9-28-11-25-10-26-28)16-6-5-15(23)8-18(16)24/h4-8,10-11,14,30H,9H2,1-3H3/t14-,21-/m1/s1. The van der Waals surface area contributed by atoms with Crippen LogP contribution in [0.1, 0.15) is 29.8 Å². The van der Waals surface area contributed by atoms with Gasteiger partial charge in [0.15, 0.2) is 0 Å². The van der Waals surface area contributed by atoms with E-state index in [-0.39, 0.29) is 12.1 Å². The lowest BCUT2D eigenvalue weighted by Crippen LogP contribution is -2.41. The fourth-order valence-corrected chi connectivity index (χ4v) is 4.15. The van der Waals surface area contributed by atoms with Gasteiger partial charge in [0.1, 0.15) is 29.9 Å². The summed E-state index contributed by atoms with van der Waals surface area (Å²) in [6, 6.07) is 6.03. The number of halogens is 3. The minimum Gasteiger partial charge on any atom is -0.381 e. The van der Waals surface area contributed by atoms with Crippen LogP contribution < -0.4 is 0 Å². The Morgan fingerprint density at radius 1 is 1.20 bits per heavy atom. The third-order valence-electron chi connectivity index (χ3n) is 5.57. The largest absolute Gasteiger partial charge is 0.381 e. The predicted octanol–water partition coefficient (Wildman–Crippen LogP) is 4.33. The Balaban J connectivity index is 1.91. The van der Waals surface area contributed by atoms with Crippen molar-refractivity contribution in [2.24, 2.45) is 0 Å². The molecule has 0 radical (unpaired) electrons. The molecule has 6 nitrogen and oxygen atoms in total. The van der Waals surface area contributed by atoms with E-state index in [2.05, 4.69) is 15.2 Å². The highest BCUT2D eigenvalue weighted by Crippen LogP contribution is 2.39. The summed E-state index contributed by atoms with van der Waals surface area (Å²) in [5, 5.41) is 21.8. The second-order valence-corrected chi connectivity index (χ2v) is 7.84. The highest BCUT2D eigenvalue weighted by atomic mass is 35.5. The highest BCUT2D eigenvalue weighted by Gasteiger charge is 2.41. The van der Waals surface area contributed by atoms with E-state index >= 15 is 0 Å². The lowest BCUT2D eigenvalue weighted by atomic mass is 9.86. The molecule has 0 amide bonds. The minimum atomic E-state index is -1.81. The van der Waals surface area contributed by atoms with Crippen LogP contribution in [-0.2, 0) is 12.1 Å². The van der Waals surface area contributed by atoms with Crippen LogP contribution in [0.3, 0.4) is 0 Å². The summed E-state index contributed by atoms with van der Waals surface area (Å²) >= 11 is 6.40. The van der Waals surface area contributed by atoms with Crippen LogP contribution in [-0.4, -0.2) is 29.7 Å². The molecule has 2 atom stereocenters. The van der Waals surface area contributed by atoms with Crippen molar-refractivity contribution >= 4 is 22.5 Å². The maximum absolute atomic E-state index is 14.8. The lowest BCUT2D eigenvalue weighted by Gasteiger charge is -2.35. The van der Waals surface area contributed by atoms with E-state index in [4.69, 9.17) is 11.6 Å². The average Bonchev–Trinajstić information content (AvgIpc) is 3.32. The van der Waals surface area contributed by atoms with Crippen molar-refractivity contribution < 1.29 is 13.9 Å². The van der Waals surface area contributed by atoms with Crippen molar-refractivity contribution in [2.45, 2.75) is 39.0 Å². The quantitative estimate of drug-likeness (QED) is 0.510. The van der Waals surface area contributed by atoms with Gasteiger partial charge < -0.3 is 5.11 Å². The van der Waals surface area contributed by atoms with Crippen molar-refractivity contribution in [1.82, 2.24) is 24.5 Å². The Morgan fingerprint density at radius 3 is 2.60 bits per heavy atom. The van der Waals surface area contributed by atoms with Gasteiger partial charge in [0, 0.05) is 22.7 Å². The van der Waals surface area contributed by atoms with Gasteiger partial charge in [-0.05, 0) is 38.5 Å². The van der Waals surface area contributed by atoms with Gasteiger partial charge in [-0.1, -0.05) is 23.7 Å². The second-order valence-electron chi connectivity index (χ2n) is 7.44. The number of rotatable bonds is 5. The summed E-state index contributed by atoms with van der Waals surface area (Å²) < 4.78 is 31.4. The summed E-state index contributed by atoms with van der Waals surface area (Å²) in [6.07, 6.45) is 2.75. The zero-order valence-corrected chi connectivity index (χ0v) is 17.4. The van der Waals surface area contributed by atoms with Crippen LogP contribution in [0.5, 0.6) is 0 Å². The fraction of sp³-hybridized carbons (Fsp3) is 0.286. The SMILES string of the molecule is Cc1ccc(Cl)c2c(C)n([C@H](C)[C@](O)(Cn3cncn3)c3ccc(F)cc3F)nc12. The minimum absolute atomic E-state index is 0.0614.